The van der Waals surface area contributed by atoms with Crippen molar-refractivity contribution in [3.63, 3.8) is 0 Å². The van der Waals surface area contributed by atoms with E-state index in [1.54, 1.807) is 20.8 Å². The maximum Gasteiger partial charge on any atom is 0.336 e. The van der Waals surface area contributed by atoms with Crippen LogP contribution in [0.15, 0.2) is 14.4 Å². The van der Waals surface area contributed by atoms with Crippen molar-refractivity contribution in [1.29, 1.82) is 0 Å². The summed E-state index contributed by atoms with van der Waals surface area (Å²) in [5, 5.41) is 0. The second kappa shape index (κ2) is 4.63. The van der Waals surface area contributed by atoms with E-state index in [0.29, 0.717) is 9.13 Å². The minimum absolute atomic E-state index is 0.542. The second-order valence-corrected chi connectivity index (χ2v) is 4.75. The third-order valence-corrected chi connectivity index (χ3v) is 1.99. The molecule has 18 heavy (non-hydrogen) atoms. The monoisotopic (exact) mass is 257 g/mol. The number of esters is 1. The number of rotatable bonds is 2. The Balaban J connectivity index is 3.11. The minimum atomic E-state index is -0.936. The van der Waals surface area contributed by atoms with E-state index in [1.165, 1.54) is 7.05 Å². The van der Waals surface area contributed by atoms with E-state index in [0.717, 1.165) is 0 Å². The van der Waals surface area contributed by atoms with Crippen molar-refractivity contribution >= 4 is 5.97 Å². The summed E-state index contributed by atoms with van der Waals surface area (Å²) >= 11 is 0. The second-order valence-electron chi connectivity index (χ2n) is 4.75. The molecule has 0 bridgehead atoms. The van der Waals surface area contributed by atoms with Crippen LogP contribution in [0.5, 0.6) is 0 Å². The van der Waals surface area contributed by atoms with E-state index in [2.05, 4.69) is 0 Å². The lowest BCUT2D eigenvalue weighted by molar-refractivity contribution is -0.155. The summed E-state index contributed by atoms with van der Waals surface area (Å²) in [7, 11) is 1.20. The Hall–Kier alpha value is -2.12. The molecular formula is C10H15N3O5. The van der Waals surface area contributed by atoms with Gasteiger partial charge in [0.1, 0.15) is 12.1 Å². The van der Waals surface area contributed by atoms with Gasteiger partial charge in [-0.15, -0.1) is 0 Å². The highest BCUT2D eigenvalue weighted by atomic mass is 16.6. The highest BCUT2D eigenvalue weighted by Gasteiger charge is 2.18. The summed E-state index contributed by atoms with van der Waals surface area (Å²) < 4.78 is 6.29. The molecule has 0 fully saturated rings. The van der Waals surface area contributed by atoms with Crippen molar-refractivity contribution in [2.45, 2.75) is 32.9 Å². The molecule has 1 N–H and O–H groups in total. The number of H-pyrrole nitrogens is 1. The third-order valence-electron chi connectivity index (χ3n) is 1.99. The molecule has 100 valence electrons. The van der Waals surface area contributed by atoms with Gasteiger partial charge < -0.3 is 4.74 Å². The van der Waals surface area contributed by atoms with E-state index < -0.39 is 35.2 Å². The van der Waals surface area contributed by atoms with Gasteiger partial charge in [-0.1, -0.05) is 0 Å². The number of aromatic amines is 1. The standard InChI is InChI=1S/C10H15N3O5/c1-10(2,3)18-6(14)5-13-8(16)11-7(15)12(4)9(13)17/h5H2,1-4H3,(H,11,15,16). The molecule has 0 atom stereocenters. The number of carbonyl (C=O) groups is 1. The smallest absolute Gasteiger partial charge is 0.336 e. The molecule has 0 radical (unpaired) electrons. The molecule has 0 unspecified atom stereocenters. The summed E-state index contributed by atoms with van der Waals surface area (Å²) in [5.41, 5.74) is -3.34. The molecule has 0 saturated heterocycles. The van der Waals surface area contributed by atoms with E-state index in [9.17, 15) is 19.2 Å². The zero-order valence-corrected chi connectivity index (χ0v) is 10.6. The summed E-state index contributed by atoms with van der Waals surface area (Å²) in [6.07, 6.45) is 0. The van der Waals surface area contributed by atoms with Crippen molar-refractivity contribution in [2.75, 3.05) is 0 Å². The van der Waals surface area contributed by atoms with Gasteiger partial charge in [0.05, 0.1) is 0 Å². The van der Waals surface area contributed by atoms with Crippen molar-refractivity contribution in [3.05, 3.63) is 31.5 Å². The number of aromatic nitrogens is 3. The van der Waals surface area contributed by atoms with Crippen molar-refractivity contribution in [1.82, 2.24) is 14.1 Å². The Morgan fingerprint density at radius 3 is 2.28 bits per heavy atom. The molecule has 0 spiro atoms. The fourth-order valence-corrected chi connectivity index (χ4v) is 1.24. The topological polar surface area (TPSA) is 103 Å². The van der Waals surface area contributed by atoms with Crippen LogP contribution in [0.3, 0.4) is 0 Å². The predicted molar refractivity (Wildman–Crippen MR) is 62.4 cm³/mol. The average molecular weight is 257 g/mol. The summed E-state index contributed by atoms with van der Waals surface area (Å²) in [5.74, 6) is -0.728. The Morgan fingerprint density at radius 2 is 1.78 bits per heavy atom. The normalized spacial score (nSPS) is 11.3. The quantitative estimate of drug-likeness (QED) is 0.655. The first-order valence-corrected chi connectivity index (χ1v) is 5.24. The van der Waals surface area contributed by atoms with Gasteiger partial charge >= 0.3 is 23.0 Å². The van der Waals surface area contributed by atoms with Crippen LogP contribution in [-0.4, -0.2) is 25.7 Å². The SMILES string of the molecule is Cn1c(=O)[nH]c(=O)n(CC(=O)OC(C)(C)C)c1=O. The van der Waals surface area contributed by atoms with Gasteiger partial charge in [-0.2, -0.15) is 0 Å². The lowest BCUT2D eigenvalue weighted by Crippen LogP contribution is -2.49. The predicted octanol–water partition coefficient (Wildman–Crippen LogP) is -1.42. The molecule has 0 saturated carbocycles. The molecule has 0 aliphatic rings. The molecule has 8 nitrogen and oxygen atoms in total. The third kappa shape index (κ3) is 3.19. The molecule has 0 aliphatic heterocycles. The maximum atomic E-state index is 11.6. The highest BCUT2D eigenvalue weighted by Crippen LogP contribution is 2.06. The van der Waals surface area contributed by atoms with Crippen LogP contribution in [0, 0.1) is 0 Å². The Labute approximate surface area is 102 Å². The van der Waals surface area contributed by atoms with Gasteiger partial charge in [0.2, 0.25) is 0 Å². The van der Waals surface area contributed by atoms with E-state index in [4.69, 9.17) is 4.74 Å². The largest absolute Gasteiger partial charge is 0.459 e. The Bertz CT molecular complexity index is 629. The number of nitrogens with one attached hydrogen (secondary N) is 1. The lowest BCUT2D eigenvalue weighted by Gasteiger charge is -2.19. The van der Waals surface area contributed by atoms with E-state index in [-0.39, 0.29) is 0 Å². The maximum absolute atomic E-state index is 11.6. The zero-order valence-electron chi connectivity index (χ0n) is 10.6. The molecule has 1 rings (SSSR count). The summed E-state index contributed by atoms with van der Waals surface area (Å²) in [6, 6.07) is 0. The van der Waals surface area contributed by atoms with Crippen LogP contribution in [0.25, 0.3) is 0 Å². The fourth-order valence-electron chi connectivity index (χ4n) is 1.24. The van der Waals surface area contributed by atoms with Gasteiger partial charge in [-0.05, 0) is 20.8 Å². The van der Waals surface area contributed by atoms with Gasteiger partial charge in [0, 0.05) is 7.05 Å². The molecule has 1 aromatic heterocycles. The van der Waals surface area contributed by atoms with Crippen molar-refractivity contribution in [2.24, 2.45) is 7.05 Å². The molecule has 0 aromatic carbocycles. The minimum Gasteiger partial charge on any atom is -0.459 e. The number of nitrogens with zero attached hydrogens (tertiary/aromatic N) is 2. The highest BCUT2D eigenvalue weighted by molar-refractivity contribution is 5.69. The van der Waals surface area contributed by atoms with Crippen molar-refractivity contribution < 1.29 is 9.53 Å². The number of hydrogen-bond acceptors (Lipinski definition) is 5. The molecule has 0 aliphatic carbocycles. The number of hydrogen-bond donors (Lipinski definition) is 1. The van der Waals surface area contributed by atoms with Crippen LogP contribution in [0.4, 0.5) is 0 Å². The van der Waals surface area contributed by atoms with Crippen LogP contribution < -0.4 is 17.1 Å². The molecular weight excluding hydrogens is 242 g/mol. The van der Waals surface area contributed by atoms with E-state index >= 15 is 0 Å². The van der Waals surface area contributed by atoms with Crippen LogP contribution in [-0.2, 0) is 23.1 Å². The first-order chi connectivity index (χ1) is 8.11. The molecule has 1 aromatic rings. The first-order valence-electron chi connectivity index (χ1n) is 5.24. The number of carbonyl (C=O) groups excluding carboxylic acids is 1. The first kappa shape index (κ1) is 13.9. The molecule has 8 heteroatoms. The fraction of sp³-hybridized carbons (Fsp3) is 0.600. The molecule has 0 amide bonds. The van der Waals surface area contributed by atoms with Gasteiger partial charge in [0.15, 0.2) is 0 Å². The number of ether oxygens (including phenoxy) is 1. The summed E-state index contributed by atoms with van der Waals surface area (Å²) in [4.78, 5) is 47.5. The van der Waals surface area contributed by atoms with Gasteiger partial charge in [-0.3, -0.25) is 9.78 Å². The Kier molecular flexibility index (Phi) is 3.59. The summed E-state index contributed by atoms with van der Waals surface area (Å²) in [6.45, 7) is 4.45. The van der Waals surface area contributed by atoms with Gasteiger partial charge in [0.25, 0.3) is 0 Å². The zero-order chi connectivity index (χ0) is 14.1. The Morgan fingerprint density at radius 1 is 1.22 bits per heavy atom. The van der Waals surface area contributed by atoms with E-state index in [1.807, 2.05) is 4.98 Å². The van der Waals surface area contributed by atoms with Crippen LogP contribution in [0.1, 0.15) is 20.8 Å². The van der Waals surface area contributed by atoms with Crippen LogP contribution >= 0.6 is 0 Å². The lowest BCUT2D eigenvalue weighted by atomic mass is 10.2. The van der Waals surface area contributed by atoms with Crippen molar-refractivity contribution in [3.8, 4) is 0 Å². The molecule has 1 heterocycles. The average Bonchev–Trinajstić information content (AvgIpc) is 2.19. The van der Waals surface area contributed by atoms with Gasteiger partial charge in [-0.25, -0.2) is 23.5 Å². The van der Waals surface area contributed by atoms with Crippen LogP contribution in [0.2, 0.25) is 0 Å².